The zero-order valence-electron chi connectivity index (χ0n) is 9.88. The van der Waals surface area contributed by atoms with E-state index in [1.807, 2.05) is 13.8 Å². The number of para-hydroxylation sites is 1. The lowest BCUT2D eigenvalue weighted by Crippen LogP contribution is -2.36. The number of nitrogens with one attached hydrogen (secondary N) is 1. The van der Waals surface area contributed by atoms with E-state index >= 15 is 0 Å². The highest BCUT2D eigenvalue weighted by Crippen LogP contribution is 2.20. The zero-order valence-corrected chi connectivity index (χ0v) is 9.88. The van der Waals surface area contributed by atoms with Gasteiger partial charge in [0.25, 0.3) is 0 Å². The quantitative estimate of drug-likeness (QED) is 0.809. The second-order valence-corrected chi connectivity index (χ2v) is 4.31. The van der Waals surface area contributed by atoms with Crippen LogP contribution in [-0.2, 0) is 11.3 Å². The standard InChI is InChI=1S/C12H18FNO2/c1-12(2,16-3)8-14-7-9-5-4-6-10(13)11(9)15/h4-6,14-15H,7-8H2,1-3H3. The van der Waals surface area contributed by atoms with Gasteiger partial charge in [0.05, 0.1) is 5.60 Å². The third-order valence-corrected chi connectivity index (χ3v) is 2.49. The van der Waals surface area contributed by atoms with Crippen LogP contribution in [0, 0.1) is 5.82 Å². The summed E-state index contributed by atoms with van der Waals surface area (Å²) < 4.78 is 18.2. The van der Waals surface area contributed by atoms with Gasteiger partial charge in [-0.25, -0.2) is 4.39 Å². The number of hydrogen-bond donors (Lipinski definition) is 2. The van der Waals surface area contributed by atoms with Crippen molar-refractivity contribution in [3.8, 4) is 5.75 Å². The van der Waals surface area contributed by atoms with Gasteiger partial charge >= 0.3 is 0 Å². The molecule has 90 valence electrons. The number of methoxy groups -OCH3 is 1. The van der Waals surface area contributed by atoms with Gasteiger partial charge in [0.15, 0.2) is 11.6 Å². The van der Waals surface area contributed by atoms with E-state index < -0.39 is 5.82 Å². The van der Waals surface area contributed by atoms with E-state index in [1.165, 1.54) is 6.07 Å². The molecule has 0 aliphatic rings. The smallest absolute Gasteiger partial charge is 0.165 e. The highest BCUT2D eigenvalue weighted by atomic mass is 19.1. The van der Waals surface area contributed by atoms with Crippen molar-refractivity contribution in [2.24, 2.45) is 0 Å². The number of hydrogen-bond acceptors (Lipinski definition) is 3. The molecule has 0 aliphatic heterocycles. The van der Waals surface area contributed by atoms with E-state index in [2.05, 4.69) is 5.32 Å². The van der Waals surface area contributed by atoms with Crippen LogP contribution >= 0.6 is 0 Å². The first kappa shape index (κ1) is 12.9. The molecule has 0 heterocycles. The summed E-state index contributed by atoms with van der Waals surface area (Å²) in [6.45, 7) is 4.94. The average Bonchev–Trinajstić information content (AvgIpc) is 2.24. The summed E-state index contributed by atoms with van der Waals surface area (Å²) in [6.07, 6.45) is 0. The van der Waals surface area contributed by atoms with E-state index in [4.69, 9.17) is 4.74 Å². The first-order valence-electron chi connectivity index (χ1n) is 5.18. The Kier molecular flexibility index (Phi) is 4.26. The predicted molar refractivity (Wildman–Crippen MR) is 60.9 cm³/mol. The van der Waals surface area contributed by atoms with Crippen molar-refractivity contribution in [3.63, 3.8) is 0 Å². The Morgan fingerprint density at radius 1 is 1.44 bits per heavy atom. The van der Waals surface area contributed by atoms with Gasteiger partial charge in [-0.3, -0.25) is 0 Å². The number of benzene rings is 1. The van der Waals surface area contributed by atoms with E-state index in [0.29, 0.717) is 18.7 Å². The molecule has 1 aromatic rings. The summed E-state index contributed by atoms with van der Waals surface area (Å²) in [5, 5.41) is 12.5. The summed E-state index contributed by atoms with van der Waals surface area (Å²) in [5.41, 5.74) is 0.273. The minimum absolute atomic E-state index is 0.275. The summed E-state index contributed by atoms with van der Waals surface area (Å²) >= 11 is 0. The van der Waals surface area contributed by atoms with Crippen LogP contribution < -0.4 is 5.32 Å². The minimum atomic E-state index is -0.592. The molecule has 0 atom stereocenters. The number of rotatable bonds is 5. The third kappa shape index (κ3) is 3.47. The van der Waals surface area contributed by atoms with Crippen molar-refractivity contribution in [1.29, 1.82) is 0 Å². The van der Waals surface area contributed by atoms with Gasteiger partial charge in [-0.15, -0.1) is 0 Å². The maximum Gasteiger partial charge on any atom is 0.165 e. The summed E-state index contributed by atoms with van der Waals surface area (Å²) in [7, 11) is 1.64. The van der Waals surface area contributed by atoms with Crippen molar-refractivity contribution in [2.75, 3.05) is 13.7 Å². The zero-order chi connectivity index (χ0) is 12.2. The van der Waals surface area contributed by atoms with Crippen molar-refractivity contribution >= 4 is 0 Å². The fraction of sp³-hybridized carbons (Fsp3) is 0.500. The molecule has 1 aromatic carbocycles. The number of phenols is 1. The second-order valence-electron chi connectivity index (χ2n) is 4.31. The van der Waals surface area contributed by atoms with Gasteiger partial charge in [-0.2, -0.15) is 0 Å². The number of phenolic OH excluding ortho intramolecular Hbond substituents is 1. The van der Waals surface area contributed by atoms with Crippen LogP contribution in [0.5, 0.6) is 5.75 Å². The number of aromatic hydroxyl groups is 1. The van der Waals surface area contributed by atoms with Crippen LogP contribution in [0.1, 0.15) is 19.4 Å². The lowest BCUT2D eigenvalue weighted by Gasteiger charge is -2.23. The fourth-order valence-corrected chi connectivity index (χ4v) is 1.27. The minimum Gasteiger partial charge on any atom is -0.505 e. The van der Waals surface area contributed by atoms with Crippen LogP contribution in [0.2, 0.25) is 0 Å². The summed E-state index contributed by atoms with van der Waals surface area (Å²) in [6, 6.07) is 4.50. The van der Waals surface area contributed by atoms with E-state index in [0.717, 1.165) is 0 Å². The third-order valence-electron chi connectivity index (χ3n) is 2.49. The molecule has 0 radical (unpaired) electrons. The second kappa shape index (κ2) is 5.27. The molecule has 1 rings (SSSR count). The Morgan fingerprint density at radius 3 is 2.75 bits per heavy atom. The Bertz CT molecular complexity index is 353. The molecule has 0 spiro atoms. The maximum absolute atomic E-state index is 13.0. The molecule has 0 amide bonds. The van der Waals surface area contributed by atoms with Gasteiger partial charge in [0.1, 0.15) is 0 Å². The number of ether oxygens (including phenoxy) is 1. The van der Waals surface area contributed by atoms with Crippen molar-refractivity contribution < 1.29 is 14.2 Å². The molecule has 0 saturated carbocycles. The molecule has 16 heavy (non-hydrogen) atoms. The van der Waals surface area contributed by atoms with Crippen LogP contribution in [0.15, 0.2) is 18.2 Å². The number of halogens is 1. The molecule has 0 aliphatic carbocycles. The van der Waals surface area contributed by atoms with Crippen molar-refractivity contribution in [3.05, 3.63) is 29.6 Å². The van der Waals surface area contributed by atoms with Crippen molar-refractivity contribution in [1.82, 2.24) is 5.32 Å². The lowest BCUT2D eigenvalue weighted by atomic mass is 10.1. The Balaban J connectivity index is 2.53. The van der Waals surface area contributed by atoms with Crippen molar-refractivity contribution in [2.45, 2.75) is 26.0 Å². The molecule has 0 saturated heterocycles. The van der Waals surface area contributed by atoms with Gasteiger partial charge in [-0.05, 0) is 19.9 Å². The van der Waals surface area contributed by atoms with Crippen LogP contribution in [-0.4, -0.2) is 24.4 Å². The first-order chi connectivity index (χ1) is 7.46. The van der Waals surface area contributed by atoms with Gasteiger partial charge in [0.2, 0.25) is 0 Å². The normalized spacial score (nSPS) is 11.8. The highest BCUT2D eigenvalue weighted by Gasteiger charge is 2.15. The monoisotopic (exact) mass is 227 g/mol. The predicted octanol–water partition coefficient (Wildman–Crippen LogP) is 2.05. The molecule has 0 fully saturated rings. The summed E-state index contributed by atoms with van der Waals surface area (Å²) in [4.78, 5) is 0. The van der Waals surface area contributed by atoms with Gasteiger partial charge < -0.3 is 15.2 Å². The molecule has 0 bridgehead atoms. The lowest BCUT2D eigenvalue weighted by molar-refractivity contribution is 0.0230. The van der Waals surface area contributed by atoms with Gasteiger partial charge in [0, 0.05) is 25.8 Å². The molecule has 0 aromatic heterocycles. The average molecular weight is 227 g/mol. The topological polar surface area (TPSA) is 41.5 Å². The van der Waals surface area contributed by atoms with Crippen LogP contribution in [0.25, 0.3) is 0 Å². The van der Waals surface area contributed by atoms with Crippen LogP contribution in [0.3, 0.4) is 0 Å². The molecule has 3 nitrogen and oxygen atoms in total. The Morgan fingerprint density at radius 2 is 2.12 bits per heavy atom. The molecular weight excluding hydrogens is 209 g/mol. The largest absolute Gasteiger partial charge is 0.505 e. The van der Waals surface area contributed by atoms with E-state index in [9.17, 15) is 9.50 Å². The Hall–Kier alpha value is -1.13. The van der Waals surface area contributed by atoms with E-state index in [1.54, 1.807) is 19.2 Å². The summed E-state index contributed by atoms with van der Waals surface area (Å²) in [5.74, 6) is -0.879. The SMILES string of the molecule is COC(C)(C)CNCc1cccc(F)c1O. The maximum atomic E-state index is 13.0. The Labute approximate surface area is 95.2 Å². The first-order valence-corrected chi connectivity index (χ1v) is 5.18. The molecule has 4 heteroatoms. The molecule has 2 N–H and O–H groups in total. The van der Waals surface area contributed by atoms with E-state index in [-0.39, 0.29) is 11.4 Å². The fourth-order valence-electron chi connectivity index (χ4n) is 1.27. The molecule has 0 unspecified atom stereocenters. The van der Waals surface area contributed by atoms with Gasteiger partial charge in [-0.1, -0.05) is 12.1 Å². The molecular formula is C12H18FNO2. The van der Waals surface area contributed by atoms with Crippen LogP contribution in [0.4, 0.5) is 4.39 Å². The highest BCUT2D eigenvalue weighted by molar-refractivity contribution is 5.33.